The first-order valence-corrected chi connectivity index (χ1v) is 0. The Hall–Kier alpha value is 3.53. The molecule has 0 rings (SSSR count). The molecule has 0 aliphatic carbocycles. The van der Waals surface area contributed by atoms with Crippen molar-refractivity contribution in [1.29, 1.82) is 0 Å². The van der Waals surface area contributed by atoms with Gasteiger partial charge < -0.3 is 0 Å². The second kappa shape index (κ2) is 16.0. The topological polar surface area (TPSA) is 0 Å². The Labute approximate surface area is 106 Å². The van der Waals surface area contributed by atoms with Crippen LogP contribution in [0.25, 0.3) is 0 Å². The second-order valence-corrected chi connectivity index (χ2v) is 0. The molecule has 0 saturated carbocycles. The van der Waals surface area contributed by atoms with E-state index < -0.39 is 0 Å². The first-order chi connectivity index (χ1) is 0. The molecule has 4 heteroatoms. The van der Waals surface area contributed by atoms with Gasteiger partial charge in [-0.2, -0.15) is 0 Å². The van der Waals surface area contributed by atoms with Crippen LogP contribution in [-0.2, 0) is 17.1 Å². The van der Waals surface area contributed by atoms with E-state index >= 15 is 0 Å². The van der Waals surface area contributed by atoms with Gasteiger partial charge in [0.2, 0.25) is 0 Å². The van der Waals surface area contributed by atoms with Crippen LogP contribution >= 0.6 is 0 Å². The Bertz CT molecular complexity index is 6.00. The van der Waals surface area contributed by atoms with Crippen LogP contribution in [0.2, 0.25) is 0 Å². The quantitative estimate of drug-likeness (QED) is 0.424. The first kappa shape index (κ1) is 25.8. The molecule has 0 heterocycles. The average molecular weight is 191 g/mol. The Balaban J connectivity index is 0. The molecule has 0 amide bonds. The van der Waals surface area contributed by atoms with E-state index in [0.29, 0.717) is 0 Å². The molecule has 0 spiro atoms. The molecule has 0 aromatic carbocycles. The monoisotopic (exact) mass is 191 g/mol. The Kier molecular flexibility index (Phi) is 103. The predicted octanol–water partition coefficient (Wildman–Crippen LogP) is -1.14. The zero-order chi connectivity index (χ0) is 0. The summed E-state index contributed by atoms with van der Waals surface area (Å²) in [5.41, 5.74) is 0. The molecule has 0 aromatic heterocycles. The summed E-state index contributed by atoms with van der Waals surface area (Å²) in [5, 5.41) is 0. The molecule has 0 saturated heterocycles. The predicted molar refractivity (Wildman–Crippen MR) is 17.3 cm³/mol. The number of hydrogen-bond donors (Lipinski definition) is 0. The molecule has 0 unspecified atom stereocenters. The van der Waals surface area contributed by atoms with Crippen LogP contribution in [-0.4, -0.2) is 91.6 Å². The fraction of sp³-hybridized carbons (Fsp3) is 0. The van der Waals surface area contributed by atoms with Crippen molar-refractivity contribution in [1.82, 2.24) is 0 Å². The fourth-order valence-electron chi connectivity index (χ4n) is 0. The third-order valence-electron chi connectivity index (χ3n) is 0. The molecule has 0 aliphatic heterocycles. The zero-order valence-corrected chi connectivity index (χ0v) is 9.98. The van der Waals surface area contributed by atoms with Crippen molar-refractivity contribution in [2.24, 2.45) is 0 Å². The van der Waals surface area contributed by atoms with Crippen LogP contribution in [0.3, 0.4) is 0 Å². The summed E-state index contributed by atoms with van der Waals surface area (Å²) in [4.78, 5) is 0. The van der Waals surface area contributed by atoms with E-state index in [2.05, 4.69) is 0 Å². The smallest absolute Gasteiger partial charge is 0 e. The van der Waals surface area contributed by atoms with Crippen molar-refractivity contribution >= 4 is 91.6 Å². The van der Waals surface area contributed by atoms with Gasteiger partial charge in [0.25, 0.3) is 0 Å². The molecular weight excluding hydrogens is 191 g/mol. The van der Waals surface area contributed by atoms with Gasteiger partial charge in [-0.25, -0.2) is 0 Å². The SMILES string of the molecule is [Mg].[Mg].[Mn].[Sr]. The van der Waals surface area contributed by atoms with Crippen molar-refractivity contribution in [3.05, 3.63) is 0 Å². The summed E-state index contributed by atoms with van der Waals surface area (Å²) in [7, 11) is 0. The van der Waals surface area contributed by atoms with Crippen LogP contribution in [0.15, 0.2) is 0 Å². The van der Waals surface area contributed by atoms with Crippen molar-refractivity contribution in [3.63, 3.8) is 0 Å². The minimum Gasteiger partial charge on any atom is 0 e. The van der Waals surface area contributed by atoms with Crippen molar-refractivity contribution in [2.45, 2.75) is 0 Å². The van der Waals surface area contributed by atoms with E-state index in [4.69, 9.17) is 0 Å². The maximum atomic E-state index is 0. The minimum absolute atomic E-state index is 0. The van der Waals surface area contributed by atoms with Crippen molar-refractivity contribution in [3.8, 4) is 0 Å². The van der Waals surface area contributed by atoms with Crippen molar-refractivity contribution in [2.75, 3.05) is 0 Å². The molecule has 0 aliphatic rings. The molecule has 0 bridgehead atoms. The van der Waals surface area contributed by atoms with Crippen molar-refractivity contribution < 1.29 is 17.1 Å². The molecule has 0 fully saturated rings. The van der Waals surface area contributed by atoms with Gasteiger partial charge in [-0.15, -0.1) is 0 Å². The molecule has 0 atom stereocenters. The average Bonchev–Trinajstić information content (AvgIpc) is 0. The van der Waals surface area contributed by atoms with E-state index in [-0.39, 0.29) is 109 Å². The summed E-state index contributed by atoms with van der Waals surface area (Å²) in [5.74, 6) is 0. The second-order valence-electron chi connectivity index (χ2n) is 0. The Morgan fingerprint density at radius 3 is 0.750 bits per heavy atom. The van der Waals surface area contributed by atoms with Crippen LogP contribution in [0.4, 0.5) is 0 Å². The van der Waals surface area contributed by atoms with E-state index in [0.717, 1.165) is 0 Å². The van der Waals surface area contributed by atoms with E-state index in [1.807, 2.05) is 0 Å². The van der Waals surface area contributed by atoms with Gasteiger partial charge in [-0.1, -0.05) is 0 Å². The minimum atomic E-state index is 0. The molecular formula is Mg2MnSr. The zero-order valence-electron chi connectivity index (χ0n) is 2.50. The number of rotatable bonds is 0. The van der Waals surface area contributed by atoms with Gasteiger partial charge in [-0.05, 0) is 0 Å². The summed E-state index contributed by atoms with van der Waals surface area (Å²) in [6.45, 7) is 0. The van der Waals surface area contributed by atoms with Crippen LogP contribution in [0, 0.1) is 0 Å². The van der Waals surface area contributed by atoms with Crippen LogP contribution in [0.5, 0.6) is 0 Å². The standard InChI is InChI=1S/2Mg.Mn.Sr. The van der Waals surface area contributed by atoms with Crippen LogP contribution in [0.1, 0.15) is 0 Å². The van der Waals surface area contributed by atoms with Gasteiger partial charge in [0.1, 0.15) is 0 Å². The van der Waals surface area contributed by atoms with Gasteiger partial charge >= 0.3 is 0 Å². The third kappa shape index (κ3) is 9.11. The maximum absolute atomic E-state index is 0. The first-order valence-electron chi connectivity index (χ1n) is 0. The van der Waals surface area contributed by atoms with E-state index in [1.54, 1.807) is 0 Å². The fourth-order valence-corrected chi connectivity index (χ4v) is 0. The van der Waals surface area contributed by atoms with Gasteiger partial charge in [-0.3, -0.25) is 0 Å². The van der Waals surface area contributed by atoms with Crippen LogP contribution < -0.4 is 0 Å². The maximum Gasteiger partial charge on any atom is 0 e. The molecule has 0 N–H and O–H groups in total. The largest absolute Gasteiger partial charge is 0 e. The molecule has 13 valence electrons. The summed E-state index contributed by atoms with van der Waals surface area (Å²) in [6, 6.07) is 0. The summed E-state index contributed by atoms with van der Waals surface area (Å²) in [6.07, 6.45) is 0. The summed E-state index contributed by atoms with van der Waals surface area (Å²) >= 11 is 0. The van der Waals surface area contributed by atoms with E-state index in [9.17, 15) is 0 Å². The molecule has 0 nitrogen and oxygen atoms in total. The third-order valence-corrected chi connectivity index (χ3v) is 0. The van der Waals surface area contributed by atoms with Gasteiger partial charge in [0.15, 0.2) is 0 Å². The Morgan fingerprint density at radius 2 is 0.750 bits per heavy atom. The molecule has 4 heavy (non-hydrogen) atoms. The van der Waals surface area contributed by atoms with E-state index in [1.165, 1.54) is 0 Å². The molecule has 7 radical (unpaired) electrons. The summed E-state index contributed by atoms with van der Waals surface area (Å²) < 4.78 is 0. The van der Waals surface area contributed by atoms with Gasteiger partial charge in [0, 0.05) is 109 Å². The Morgan fingerprint density at radius 1 is 0.750 bits per heavy atom. The number of hydrogen-bond acceptors (Lipinski definition) is 0. The normalized spacial score (nSPS) is 0. The van der Waals surface area contributed by atoms with Gasteiger partial charge in [0.05, 0.1) is 0 Å². The molecule has 0 aromatic rings.